The quantitative estimate of drug-likeness (QED) is 0.808. The topological polar surface area (TPSA) is 72.2 Å². The molecule has 0 aliphatic carbocycles. The second-order valence-electron chi connectivity index (χ2n) is 4.73. The molecular formula is C11H15ClN2O2S. The fourth-order valence-corrected chi connectivity index (χ4v) is 4.41. The Morgan fingerprint density at radius 2 is 2.18 bits per heavy atom. The summed E-state index contributed by atoms with van der Waals surface area (Å²) in [7, 11) is -2.95. The molecule has 1 aromatic rings. The van der Waals surface area contributed by atoms with Gasteiger partial charge in [-0.3, -0.25) is 0 Å². The molecule has 0 radical (unpaired) electrons. The molecule has 0 saturated carbocycles. The van der Waals surface area contributed by atoms with Crippen LogP contribution >= 0.6 is 11.6 Å². The van der Waals surface area contributed by atoms with Gasteiger partial charge in [-0.15, -0.1) is 0 Å². The number of halogens is 1. The lowest BCUT2D eigenvalue weighted by atomic mass is 10.0. The minimum atomic E-state index is -2.95. The zero-order chi connectivity index (χ0) is 12.7. The van der Waals surface area contributed by atoms with E-state index in [1.165, 1.54) is 0 Å². The van der Waals surface area contributed by atoms with Gasteiger partial charge in [0.25, 0.3) is 0 Å². The van der Waals surface area contributed by atoms with Crippen LogP contribution in [0.25, 0.3) is 0 Å². The Hall–Kier alpha value is -0.940. The summed E-state index contributed by atoms with van der Waals surface area (Å²) in [4.78, 5) is 0. The van der Waals surface area contributed by atoms with Crippen LogP contribution in [-0.4, -0.2) is 25.5 Å². The van der Waals surface area contributed by atoms with Crippen molar-refractivity contribution in [2.75, 3.05) is 22.6 Å². The second-order valence-corrected chi connectivity index (χ2v) is 7.32. The Morgan fingerprint density at radius 3 is 2.71 bits per heavy atom. The average Bonchev–Trinajstić information content (AvgIpc) is 2.48. The van der Waals surface area contributed by atoms with Crippen LogP contribution in [0.1, 0.15) is 13.3 Å². The standard InChI is InChI=1S/C11H15ClN2O2S/c1-11(5-6-17(15,16)7-11)14-10-8(12)3-2-4-9(10)13/h2-4,14H,5-7,13H2,1H3. The van der Waals surface area contributed by atoms with Crippen LogP contribution in [-0.2, 0) is 9.84 Å². The SMILES string of the molecule is CC1(Nc2c(N)cccc2Cl)CCS(=O)(=O)C1. The molecule has 17 heavy (non-hydrogen) atoms. The number of nitrogens with two attached hydrogens (primary N) is 1. The van der Waals surface area contributed by atoms with Crippen molar-refractivity contribution in [3.63, 3.8) is 0 Å². The van der Waals surface area contributed by atoms with Crippen molar-refractivity contribution in [1.29, 1.82) is 0 Å². The van der Waals surface area contributed by atoms with Crippen LogP contribution in [0.4, 0.5) is 11.4 Å². The summed E-state index contributed by atoms with van der Waals surface area (Å²) < 4.78 is 23.0. The van der Waals surface area contributed by atoms with E-state index in [9.17, 15) is 8.42 Å². The molecule has 1 aromatic carbocycles. The van der Waals surface area contributed by atoms with E-state index < -0.39 is 15.4 Å². The van der Waals surface area contributed by atoms with Crippen molar-refractivity contribution in [2.24, 2.45) is 0 Å². The number of hydrogen-bond acceptors (Lipinski definition) is 4. The molecule has 94 valence electrons. The smallest absolute Gasteiger partial charge is 0.152 e. The van der Waals surface area contributed by atoms with Crippen molar-refractivity contribution >= 4 is 32.8 Å². The first-order valence-electron chi connectivity index (χ1n) is 5.34. The van der Waals surface area contributed by atoms with E-state index in [2.05, 4.69) is 5.32 Å². The molecule has 0 aromatic heterocycles. The Bertz CT molecular complexity index is 524. The van der Waals surface area contributed by atoms with E-state index in [4.69, 9.17) is 17.3 Å². The maximum atomic E-state index is 11.5. The van der Waals surface area contributed by atoms with Crippen LogP contribution in [0.5, 0.6) is 0 Å². The number of benzene rings is 1. The highest BCUT2D eigenvalue weighted by Gasteiger charge is 2.38. The fourth-order valence-electron chi connectivity index (χ4n) is 2.08. The largest absolute Gasteiger partial charge is 0.397 e. The van der Waals surface area contributed by atoms with Crippen molar-refractivity contribution in [2.45, 2.75) is 18.9 Å². The molecule has 2 rings (SSSR count). The molecule has 0 spiro atoms. The Morgan fingerprint density at radius 1 is 1.47 bits per heavy atom. The Kier molecular flexibility index (Phi) is 2.99. The highest BCUT2D eigenvalue weighted by atomic mass is 35.5. The lowest BCUT2D eigenvalue weighted by Crippen LogP contribution is -2.36. The van der Waals surface area contributed by atoms with E-state index in [0.717, 1.165) is 0 Å². The fraction of sp³-hybridized carbons (Fsp3) is 0.455. The number of hydrogen-bond donors (Lipinski definition) is 2. The first kappa shape index (κ1) is 12.5. The number of para-hydroxylation sites is 1. The zero-order valence-corrected chi connectivity index (χ0v) is 11.1. The van der Waals surface area contributed by atoms with Crippen molar-refractivity contribution in [3.05, 3.63) is 23.2 Å². The predicted molar refractivity (Wildman–Crippen MR) is 71.2 cm³/mol. The summed E-state index contributed by atoms with van der Waals surface area (Å²) in [6, 6.07) is 5.23. The van der Waals surface area contributed by atoms with Gasteiger partial charge >= 0.3 is 0 Å². The minimum absolute atomic E-state index is 0.116. The number of sulfone groups is 1. The Labute approximate surface area is 106 Å². The van der Waals surface area contributed by atoms with Crippen LogP contribution < -0.4 is 11.1 Å². The molecule has 0 amide bonds. The lowest BCUT2D eigenvalue weighted by molar-refractivity contribution is 0.574. The summed E-state index contributed by atoms with van der Waals surface area (Å²) in [6.45, 7) is 1.88. The molecule has 6 heteroatoms. The summed E-state index contributed by atoms with van der Waals surface area (Å²) in [5, 5.41) is 3.68. The highest BCUT2D eigenvalue weighted by molar-refractivity contribution is 7.91. The van der Waals surface area contributed by atoms with Gasteiger partial charge in [-0.1, -0.05) is 17.7 Å². The van der Waals surface area contributed by atoms with E-state index in [1.807, 2.05) is 6.92 Å². The van der Waals surface area contributed by atoms with Gasteiger partial charge in [0.1, 0.15) is 0 Å². The monoisotopic (exact) mass is 274 g/mol. The molecule has 1 atom stereocenters. The van der Waals surface area contributed by atoms with Gasteiger partial charge in [-0.05, 0) is 25.5 Å². The van der Waals surface area contributed by atoms with Gasteiger partial charge in [-0.2, -0.15) is 0 Å². The molecule has 3 N–H and O–H groups in total. The van der Waals surface area contributed by atoms with E-state index in [-0.39, 0.29) is 11.5 Å². The van der Waals surface area contributed by atoms with Gasteiger partial charge in [0.15, 0.2) is 9.84 Å². The van der Waals surface area contributed by atoms with Gasteiger partial charge in [0, 0.05) is 5.54 Å². The van der Waals surface area contributed by atoms with Gasteiger partial charge in [0.2, 0.25) is 0 Å². The van der Waals surface area contributed by atoms with Crippen LogP contribution in [0.3, 0.4) is 0 Å². The van der Waals surface area contributed by atoms with Crippen LogP contribution in [0.15, 0.2) is 18.2 Å². The van der Waals surface area contributed by atoms with Gasteiger partial charge in [-0.25, -0.2) is 8.42 Å². The van der Waals surface area contributed by atoms with E-state index >= 15 is 0 Å². The number of nitrogen functional groups attached to an aromatic ring is 1. The average molecular weight is 275 g/mol. The minimum Gasteiger partial charge on any atom is -0.397 e. The third kappa shape index (κ3) is 2.66. The van der Waals surface area contributed by atoms with E-state index in [1.54, 1.807) is 18.2 Å². The molecule has 0 bridgehead atoms. The first-order chi connectivity index (χ1) is 7.81. The van der Waals surface area contributed by atoms with Crippen molar-refractivity contribution in [3.8, 4) is 0 Å². The number of rotatable bonds is 2. The van der Waals surface area contributed by atoms with E-state index in [0.29, 0.717) is 22.8 Å². The lowest BCUT2D eigenvalue weighted by Gasteiger charge is -2.26. The number of nitrogens with one attached hydrogen (secondary N) is 1. The summed E-state index contributed by atoms with van der Waals surface area (Å²) >= 11 is 6.05. The van der Waals surface area contributed by atoms with Crippen molar-refractivity contribution in [1.82, 2.24) is 0 Å². The molecule has 1 heterocycles. The van der Waals surface area contributed by atoms with Gasteiger partial charge < -0.3 is 11.1 Å². The molecule has 1 unspecified atom stereocenters. The number of anilines is 2. The molecule has 1 aliphatic rings. The van der Waals surface area contributed by atoms with Crippen LogP contribution in [0.2, 0.25) is 5.02 Å². The van der Waals surface area contributed by atoms with Crippen LogP contribution in [0, 0.1) is 0 Å². The molecule has 4 nitrogen and oxygen atoms in total. The first-order valence-corrected chi connectivity index (χ1v) is 7.54. The predicted octanol–water partition coefficient (Wildman–Crippen LogP) is 1.91. The second kappa shape index (κ2) is 4.07. The molecule has 1 aliphatic heterocycles. The molecule has 1 saturated heterocycles. The molecular weight excluding hydrogens is 260 g/mol. The molecule has 1 fully saturated rings. The Balaban J connectivity index is 2.28. The van der Waals surface area contributed by atoms with Crippen molar-refractivity contribution < 1.29 is 8.42 Å². The normalized spacial score (nSPS) is 26.9. The highest BCUT2D eigenvalue weighted by Crippen LogP contribution is 2.34. The maximum Gasteiger partial charge on any atom is 0.152 e. The van der Waals surface area contributed by atoms with Gasteiger partial charge in [0.05, 0.1) is 27.9 Å². The zero-order valence-electron chi connectivity index (χ0n) is 9.53. The third-order valence-electron chi connectivity index (χ3n) is 2.98. The summed E-state index contributed by atoms with van der Waals surface area (Å²) in [5.74, 6) is 0.325. The summed E-state index contributed by atoms with van der Waals surface area (Å²) in [5.41, 5.74) is 6.49. The summed E-state index contributed by atoms with van der Waals surface area (Å²) in [6.07, 6.45) is 0.569. The third-order valence-corrected chi connectivity index (χ3v) is 5.19. The maximum absolute atomic E-state index is 11.5.